The fourth-order valence-electron chi connectivity index (χ4n) is 4.94. The Morgan fingerprint density at radius 1 is 0.552 bits per heavy atom. The molecule has 0 aromatic heterocycles. The van der Waals surface area contributed by atoms with Gasteiger partial charge < -0.3 is 18.9 Å². The lowest BCUT2D eigenvalue weighted by atomic mass is 9.91. The minimum absolute atomic E-state index is 0.0437. The summed E-state index contributed by atoms with van der Waals surface area (Å²) in [5, 5.41) is 0. The molecule has 2 saturated carbocycles. The summed E-state index contributed by atoms with van der Waals surface area (Å²) in [6, 6.07) is 0. The Morgan fingerprint density at radius 3 is 1.45 bits per heavy atom. The molecule has 2 aliphatic carbocycles. The van der Waals surface area contributed by atoms with Crippen LogP contribution < -0.4 is 0 Å². The van der Waals surface area contributed by atoms with Crippen LogP contribution in [0.2, 0.25) is 0 Å². The first-order valence-corrected chi connectivity index (χ1v) is 11.5. The summed E-state index contributed by atoms with van der Waals surface area (Å²) in [7, 11) is 0. The summed E-state index contributed by atoms with van der Waals surface area (Å²) >= 11 is 0. The zero-order valence-electron chi connectivity index (χ0n) is 21.2. The fourth-order valence-corrected chi connectivity index (χ4v) is 4.94. The van der Waals surface area contributed by atoms with Crippen molar-refractivity contribution in [3.05, 3.63) is 0 Å². The van der Waals surface area contributed by atoms with Crippen LogP contribution in [0.1, 0.15) is 95.9 Å². The highest BCUT2D eigenvalue weighted by Crippen LogP contribution is 2.53. The van der Waals surface area contributed by atoms with E-state index in [2.05, 4.69) is 83.1 Å². The summed E-state index contributed by atoms with van der Waals surface area (Å²) in [6.45, 7) is 26.4. The third-order valence-corrected chi connectivity index (χ3v) is 5.55. The molecule has 2 rings (SSSR count). The van der Waals surface area contributed by atoms with Gasteiger partial charge in [0.1, 0.15) is 0 Å². The molecule has 172 valence electrons. The Hall–Kier alpha value is -0.160. The molecule has 0 heterocycles. The van der Waals surface area contributed by atoms with E-state index in [1.807, 2.05) is 0 Å². The average molecular weight is 413 g/mol. The van der Waals surface area contributed by atoms with Crippen molar-refractivity contribution in [3.8, 4) is 0 Å². The van der Waals surface area contributed by atoms with Crippen LogP contribution in [0, 0.1) is 17.8 Å². The molecule has 0 N–H and O–H groups in total. The molecule has 6 unspecified atom stereocenters. The Balaban J connectivity index is 2.31. The number of fused-ring (bicyclic) bond motifs is 1. The van der Waals surface area contributed by atoms with Gasteiger partial charge in [-0.1, -0.05) is 0 Å². The normalized spacial score (nSPS) is 33.9. The van der Waals surface area contributed by atoms with E-state index in [0.717, 1.165) is 12.8 Å². The van der Waals surface area contributed by atoms with Gasteiger partial charge in [-0.05, 0) is 108 Å². The maximum absolute atomic E-state index is 6.68. The Labute approximate surface area is 180 Å². The summed E-state index contributed by atoms with van der Waals surface area (Å²) in [5.74, 6) is 1.27. The lowest BCUT2D eigenvalue weighted by molar-refractivity contribution is -0.181. The van der Waals surface area contributed by atoms with Crippen molar-refractivity contribution < 1.29 is 18.9 Å². The highest BCUT2D eigenvalue weighted by atomic mass is 16.6. The van der Waals surface area contributed by atoms with E-state index in [-0.39, 0.29) is 40.7 Å². The molecule has 2 fully saturated rings. The van der Waals surface area contributed by atoms with Crippen molar-refractivity contribution in [2.24, 2.45) is 17.8 Å². The number of hydrogen-bond acceptors (Lipinski definition) is 4. The monoisotopic (exact) mass is 412 g/mol. The van der Waals surface area contributed by atoms with Gasteiger partial charge in [0, 0.05) is 5.92 Å². The number of rotatable bonds is 5. The SMILES string of the molecule is CC(C)(C)OCC1C2CC(OC(C)(C)C)CC2C(OC(C)(C)C)C1OC(C)(C)C. The van der Waals surface area contributed by atoms with E-state index >= 15 is 0 Å². The number of hydrogen-bond donors (Lipinski definition) is 0. The van der Waals surface area contributed by atoms with Gasteiger partial charge in [-0.15, -0.1) is 0 Å². The van der Waals surface area contributed by atoms with Crippen LogP contribution in [0.3, 0.4) is 0 Å². The molecule has 4 heteroatoms. The number of ether oxygens (including phenoxy) is 4. The molecular formula is C25H48O4. The standard InChI is InChI=1S/C25H48O4/c1-22(2,3)26-15-19-17-13-16(27-23(4,5)6)14-18(17)20(28-24(7,8)9)21(19)29-25(10,11)12/h16-21H,13-15H2,1-12H3. The summed E-state index contributed by atoms with van der Waals surface area (Å²) in [5.41, 5.74) is -0.714. The summed E-state index contributed by atoms with van der Waals surface area (Å²) in [6.07, 6.45) is 2.50. The molecule has 0 aliphatic heterocycles. The van der Waals surface area contributed by atoms with Crippen LogP contribution in [-0.2, 0) is 18.9 Å². The van der Waals surface area contributed by atoms with E-state index in [9.17, 15) is 0 Å². The van der Waals surface area contributed by atoms with Gasteiger partial charge in [0.05, 0.1) is 47.3 Å². The summed E-state index contributed by atoms with van der Waals surface area (Å²) in [4.78, 5) is 0. The van der Waals surface area contributed by atoms with Crippen molar-refractivity contribution in [3.63, 3.8) is 0 Å². The van der Waals surface area contributed by atoms with Gasteiger partial charge in [-0.3, -0.25) is 0 Å². The largest absolute Gasteiger partial charge is 0.375 e. The van der Waals surface area contributed by atoms with Crippen molar-refractivity contribution in [1.29, 1.82) is 0 Å². The molecule has 0 radical (unpaired) electrons. The lowest BCUT2D eigenvalue weighted by Crippen LogP contribution is -2.45. The van der Waals surface area contributed by atoms with Crippen LogP contribution in [0.15, 0.2) is 0 Å². The highest BCUT2D eigenvalue weighted by molar-refractivity contribution is 5.06. The van der Waals surface area contributed by atoms with Crippen molar-refractivity contribution in [1.82, 2.24) is 0 Å². The van der Waals surface area contributed by atoms with E-state index in [4.69, 9.17) is 18.9 Å². The van der Waals surface area contributed by atoms with Gasteiger partial charge in [0.2, 0.25) is 0 Å². The van der Waals surface area contributed by atoms with E-state index in [0.29, 0.717) is 24.4 Å². The molecule has 0 saturated heterocycles. The van der Waals surface area contributed by atoms with Gasteiger partial charge in [-0.25, -0.2) is 0 Å². The molecule has 0 amide bonds. The topological polar surface area (TPSA) is 36.9 Å². The van der Waals surface area contributed by atoms with E-state index in [1.165, 1.54) is 0 Å². The van der Waals surface area contributed by atoms with Crippen molar-refractivity contribution in [2.75, 3.05) is 6.61 Å². The van der Waals surface area contributed by atoms with Crippen LogP contribution in [0.25, 0.3) is 0 Å². The van der Waals surface area contributed by atoms with Gasteiger partial charge in [-0.2, -0.15) is 0 Å². The predicted octanol–water partition coefficient (Wildman–Crippen LogP) is 6.01. The van der Waals surface area contributed by atoms with Gasteiger partial charge >= 0.3 is 0 Å². The molecule has 2 aliphatic rings. The first kappa shape index (κ1) is 25.1. The predicted molar refractivity (Wildman–Crippen MR) is 119 cm³/mol. The van der Waals surface area contributed by atoms with Crippen molar-refractivity contribution >= 4 is 0 Å². The second-order valence-electron chi connectivity index (χ2n) is 13.1. The van der Waals surface area contributed by atoms with E-state index in [1.54, 1.807) is 0 Å². The van der Waals surface area contributed by atoms with Gasteiger partial charge in [0.25, 0.3) is 0 Å². The molecule has 0 aromatic rings. The molecule has 6 atom stereocenters. The second kappa shape index (κ2) is 8.41. The summed E-state index contributed by atoms with van der Waals surface area (Å²) < 4.78 is 26.0. The van der Waals surface area contributed by atoms with Crippen LogP contribution in [-0.4, -0.2) is 47.3 Å². The third-order valence-electron chi connectivity index (χ3n) is 5.55. The third kappa shape index (κ3) is 7.79. The average Bonchev–Trinajstić information content (AvgIpc) is 2.90. The minimum atomic E-state index is -0.218. The lowest BCUT2D eigenvalue weighted by Gasteiger charge is -2.38. The quantitative estimate of drug-likeness (QED) is 0.554. The van der Waals surface area contributed by atoms with Crippen LogP contribution >= 0.6 is 0 Å². The molecule has 0 spiro atoms. The second-order valence-corrected chi connectivity index (χ2v) is 13.1. The Kier molecular flexibility index (Phi) is 7.28. The van der Waals surface area contributed by atoms with E-state index < -0.39 is 0 Å². The first-order valence-electron chi connectivity index (χ1n) is 11.5. The molecule has 4 nitrogen and oxygen atoms in total. The molecular weight excluding hydrogens is 364 g/mol. The maximum Gasteiger partial charge on any atom is 0.0899 e. The fraction of sp³-hybridized carbons (Fsp3) is 1.00. The zero-order chi connectivity index (χ0) is 22.4. The molecule has 29 heavy (non-hydrogen) atoms. The molecule has 0 bridgehead atoms. The van der Waals surface area contributed by atoms with Crippen molar-refractivity contribution in [2.45, 2.75) is 137 Å². The van der Waals surface area contributed by atoms with Crippen LogP contribution in [0.4, 0.5) is 0 Å². The Morgan fingerprint density at radius 2 is 1.00 bits per heavy atom. The first-order chi connectivity index (χ1) is 12.8. The Bertz CT molecular complexity index is 529. The molecule has 0 aromatic carbocycles. The maximum atomic E-state index is 6.68. The zero-order valence-corrected chi connectivity index (χ0v) is 21.2. The van der Waals surface area contributed by atoms with Crippen LogP contribution in [0.5, 0.6) is 0 Å². The smallest absolute Gasteiger partial charge is 0.0899 e. The minimum Gasteiger partial charge on any atom is -0.375 e. The highest BCUT2D eigenvalue weighted by Gasteiger charge is 2.58. The van der Waals surface area contributed by atoms with Gasteiger partial charge in [0.15, 0.2) is 0 Å².